The number of nitrogens with one attached hydrogen (secondary N) is 1. The van der Waals surface area contributed by atoms with Crippen LogP contribution < -0.4 is 5.43 Å². The van der Waals surface area contributed by atoms with Gasteiger partial charge in [0.2, 0.25) is 0 Å². The summed E-state index contributed by atoms with van der Waals surface area (Å²) in [5.41, 5.74) is 5.23. The van der Waals surface area contributed by atoms with Crippen LogP contribution in [-0.2, 0) is 0 Å². The Morgan fingerprint density at radius 3 is 2.48 bits per heavy atom. The minimum absolute atomic E-state index is 0.156. The molecule has 1 aromatic heterocycles. The fourth-order valence-corrected chi connectivity index (χ4v) is 2.79. The molecule has 0 amide bonds. The van der Waals surface area contributed by atoms with E-state index >= 15 is 0 Å². The zero-order valence-electron chi connectivity index (χ0n) is 13.2. The van der Waals surface area contributed by atoms with Gasteiger partial charge in [0.25, 0.3) is 0 Å². The van der Waals surface area contributed by atoms with Crippen molar-refractivity contribution in [2.45, 2.75) is 6.92 Å². The van der Waals surface area contributed by atoms with Crippen LogP contribution in [-0.4, -0.2) is 21.3 Å². The van der Waals surface area contributed by atoms with E-state index in [1.165, 1.54) is 6.21 Å². The number of hydrogen-bond donors (Lipinski definition) is 2. The van der Waals surface area contributed by atoms with E-state index in [1.807, 2.05) is 31.2 Å². The molecule has 3 aromatic rings. The maximum atomic E-state index is 9.82. The molecular formula is C18H14Br2N4O. The second-order valence-electron chi connectivity index (χ2n) is 5.30. The molecule has 0 bridgehead atoms. The highest BCUT2D eigenvalue weighted by atomic mass is 79.9. The van der Waals surface area contributed by atoms with Crippen molar-refractivity contribution in [3.63, 3.8) is 0 Å². The van der Waals surface area contributed by atoms with Crippen LogP contribution in [0.25, 0.3) is 11.4 Å². The third-order valence-electron chi connectivity index (χ3n) is 3.33. The molecule has 0 fully saturated rings. The van der Waals surface area contributed by atoms with E-state index in [4.69, 9.17) is 0 Å². The van der Waals surface area contributed by atoms with E-state index in [9.17, 15) is 5.11 Å². The van der Waals surface area contributed by atoms with E-state index in [1.54, 1.807) is 24.3 Å². The lowest BCUT2D eigenvalue weighted by Gasteiger charge is -2.06. The Morgan fingerprint density at radius 2 is 1.72 bits per heavy atom. The summed E-state index contributed by atoms with van der Waals surface area (Å²) < 4.78 is 1.86. The summed E-state index contributed by atoms with van der Waals surface area (Å²) >= 11 is 6.78. The second-order valence-corrected chi connectivity index (χ2v) is 7.13. The number of hydrogen-bond acceptors (Lipinski definition) is 5. The van der Waals surface area contributed by atoms with Crippen molar-refractivity contribution < 1.29 is 5.11 Å². The maximum Gasteiger partial charge on any atom is 0.161 e. The fraction of sp³-hybridized carbons (Fsp3) is 0.0556. The van der Waals surface area contributed by atoms with Crippen LogP contribution in [0.3, 0.4) is 0 Å². The minimum Gasteiger partial charge on any atom is -0.507 e. The topological polar surface area (TPSA) is 70.4 Å². The standard InChI is InChI=1S/C18H14Br2N4O/c1-11-8-17(23-18(22-11)12-2-4-14(19)5-3-12)24-21-10-13-9-15(20)6-7-16(13)25/h2-10,25H,1H3,(H,22,23,24). The van der Waals surface area contributed by atoms with Gasteiger partial charge in [-0.15, -0.1) is 0 Å². The Hall–Kier alpha value is -2.25. The zero-order valence-corrected chi connectivity index (χ0v) is 16.4. The van der Waals surface area contributed by atoms with Gasteiger partial charge in [0.05, 0.1) is 6.21 Å². The first kappa shape index (κ1) is 17.6. The lowest BCUT2D eigenvalue weighted by Crippen LogP contribution is -1.99. The quantitative estimate of drug-likeness (QED) is 0.417. The number of phenols is 1. The van der Waals surface area contributed by atoms with E-state index in [2.05, 4.69) is 52.4 Å². The van der Waals surface area contributed by atoms with Gasteiger partial charge in [-0.1, -0.05) is 44.0 Å². The van der Waals surface area contributed by atoms with Crippen molar-refractivity contribution in [2.24, 2.45) is 5.10 Å². The lowest BCUT2D eigenvalue weighted by molar-refractivity contribution is 0.474. The molecule has 2 N–H and O–H groups in total. The SMILES string of the molecule is Cc1cc(NN=Cc2cc(Br)ccc2O)nc(-c2ccc(Br)cc2)n1. The highest BCUT2D eigenvalue weighted by molar-refractivity contribution is 9.10. The summed E-state index contributed by atoms with van der Waals surface area (Å²) in [6.45, 7) is 1.90. The van der Waals surface area contributed by atoms with Crippen molar-refractivity contribution in [1.29, 1.82) is 0 Å². The number of halogens is 2. The summed E-state index contributed by atoms with van der Waals surface area (Å²) in [6.07, 6.45) is 1.54. The van der Waals surface area contributed by atoms with Crippen LogP contribution in [0.4, 0.5) is 5.82 Å². The molecule has 0 atom stereocenters. The Balaban J connectivity index is 1.82. The predicted octanol–water partition coefficient (Wildman–Crippen LogP) is 5.13. The van der Waals surface area contributed by atoms with E-state index in [0.717, 1.165) is 20.2 Å². The number of phenolic OH excluding ortho intramolecular Hbond substituents is 1. The maximum absolute atomic E-state index is 9.82. The van der Waals surface area contributed by atoms with E-state index < -0.39 is 0 Å². The van der Waals surface area contributed by atoms with E-state index in [-0.39, 0.29) is 5.75 Å². The third-order valence-corrected chi connectivity index (χ3v) is 4.35. The average molecular weight is 462 g/mol. The number of nitrogens with zero attached hydrogens (tertiary/aromatic N) is 3. The molecule has 5 nitrogen and oxygen atoms in total. The molecule has 126 valence electrons. The zero-order chi connectivity index (χ0) is 17.8. The molecule has 0 aliphatic rings. The molecule has 0 saturated heterocycles. The summed E-state index contributed by atoms with van der Waals surface area (Å²) in [7, 11) is 0. The number of aromatic hydroxyl groups is 1. The first-order valence-electron chi connectivity index (χ1n) is 7.40. The Morgan fingerprint density at radius 1 is 1.00 bits per heavy atom. The Bertz CT molecular complexity index is 927. The van der Waals surface area contributed by atoms with Gasteiger partial charge in [-0.05, 0) is 37.3 Å². The molecule has 25 heavy (non-hydrogen) atoms. The molecule has 0 aliphatic heterocycles. The molecule has 0 radical (unpaired) electrons. The summed E-state index contributed by atoms with van der Waals surface area (Å²) in [5, 5.41) is 14.0. The van der Waals surface area contributed by atoms with Crippen LogP contribution in [0, 0.1) is 6.92 Å². The second kappa shape index (κ2) is 7.76. The number of aryl methyl sites for hydroxylation is 1. The summed E-state index contributed by atoms with van der Waals surface area (Å²) in [5.74, 6) is 1.36. The average Bonchev–Trinajstić information content (AvgIpc) is 2.58. The molecule has 0 unspecified atom stereocenters. The molecule has 1 heterocycles. The molecule has 2 aromatic carbocycles. The molecular weight excluding hydrogens is 448 g/mol. The Kier molecular flexibility index (Phi) is 5.45. The molecule has 0 saturated carbocycles. The molecule has 0 aliphatic carbocycles. The summed E-state index contributed by atoms with van der Waals surface area (Å²) in [4.78, 5) is 8.94. The first-order chi connectivity index (χ1) is 12.0. The van der Waals surface area contributed by atoms with Crippen LogP contribution in [0.2, 0.25) is 0 Å². The van der Waals surface area contributed by atoms with Crippen LogP contribution >= 0.6 is 31.9 Å². The van der Waals surface area contributed by atoms with Crippen LogP contribution in [0.15, 0.2) is 62.6 Å². The number of anilines is 1. The number of hydrazone groups is 1. The van der Waals surface area contributed by atoms with Gasteiger partial charge in [-0.3, -0.25) is 5.43 Å². The van der Waals surface area contributed by atoms with Gasteiger partial charge in [0.1, 0.15) is 5.75 Å². The number of benzene rings is 2. The van der Waals surface area contributed by atoms with Crippen molar-refractivity contribution in [3.8, 4) is 17.1 Å². The lowest BCUT2D eigenvalue weighted by atomic mass is 10.2. The highest BCUT2D eigenvalue weighted by Gasteiger charge is 2.05. The monoisotopic (exact) mass is 460 g/mol. The van der Waals surface area contributed by atoms with Gasteiger partial charge in [-0.2, -0.15) is 5.10 Å². The van der Waals surface area contributed by atoms with Crippen molar-refractivity contribution in [3.05, 3.63) is 68.7 Å². The van der Waals surface area contributed by atoms with Crippen molar-refractivity contribution in [2.75, 3.05) is 5.43 Å². The highest BCUT2D eigenvalue weighted by Crippen LogP contribution is 2.21. The van der Waals surface area contributed by atoms with Crippen LogP contribution in [0.5, 0.6) is 5.75 Å². The van der Waals surface area contributed by atoms with Crippen LogP contribution in [0.1, 0.15) is 11.3 Å². The fourth-order valence-electron chi connectivity index (χ4n) is 2.15. The van der Waals surface area contributed by atoms with Crippen molar-refractivity contribution >= 4 is 43.9 Å². The smallest absolute Gasteiger partial charge is 0.161 e. The van der Waals surface area contributed by atoms with Gasteiger partial charge < -0.3 is 5.11 Å². The normalized spacial score (nSPS) is 11.0. The van der Waals surface area contributed by atoms with Gasteiger partial charge in [0, 0.05) is 31.8 Å². The Labute approximate surface area is 162 Å². The molecule has 3 rings (SSSR count). The van der Waals surface area contributed by atoms with Crippen molar-refractivity contribution in [1.82, 2.24) is 9.97 Å². The van der Waals surface area contributed by atoms with E-state index in [0.29, 0.717) is 17.2 Å². The minimum atomic E-state index is 0.156. The van der Waals surface area contributed by atoms with Gasteiger partial charge >= 0.3 is 0 Å². The van der Waals surface area contributed by atoms with Gasteiger partial charge in [-0.25, -0.2) is 9.97 Å². The van der Waals surface area contributed by atoms with Gasteiger partial charge in [0.15, 0.2) is 11.6 Å². The first-order valence-corrected chi connectivity index (χ1v) is 8.99. The summed E-state index contributed by atoms with van der Waals surface area (Å²) in [6, 6.07) is 14.7. The molecule has 0 spiro atoms. The predicted molar refractivity (Wildman–Crippen MR) is 107 cm³/mol. The number of rotatable bonds is 4. The molecule has 7 heteroatoms. The number of aromatic nitrogens is 2. The largest absolute Gasteiger partial charge is 0.507 e. The third kappa shape index (κ3) is 4.64.